The van der Waals surface area contributed by atoms with Gasteiger partial charge in [0.15, 0.2) is 0 Å². The highest BCUT2D eigenvalue weighted by Crippen LogP contribution is 2.33. The Labute approximate surface area is 195 Å². The fourth-order valence-electron chi connectivity index (χ4n) is 3.67. The van der Waals surface area contributed by atoms with Gasteiger partial charge < -0.3 is 25.8 Å². The Morgan fingerprint density at radius 1 is 1.15 bits per heavy atom. The van der Waals surface area contributed by atoms with Crippen molar-refractivity contribution in [2.75, 3.05) is 19.5 Å². The third-order valence-corrected chi connectivity index (χ3v) is 5.63. The van der Waals surface area contributed by atoms with Crippen LogP contribution in [0.5, 0.6) is 11.5 Å². The minimum absolute atomic E-state index is 0.215. The number of methoxy groups -OCH3 is 1. The summed E-state index contributed by atoms with van der Waals surface area (Å²) in [5.41, 5.74) is 5.76. The smallest absolute Gasteiger partial charge is 0.252 e. The molecule has 1 aliphatic rings. The highest BCUT2D eigenvalue weighted by atomic mass is 19.1. The van der Waals surface area contributed by atoms with E-state index in [0.29, 0.717) is 40.3 Å². The molecule has 0 bridgehead atoms. The second-order valence-electron chi connectivity index (χ2n) is 7.67. The van der Waals surface area contributed by atoms with E-state index in [2.05, 4.69) is 15.6 Å². The molecule has 9 heteroatoms. The van der Waals surface area contributed by atoms with E-state index >= 15 is 0 Å². The molecule has 2 aromatic carbocycles. The zero-order valence-corrected chi connectivity index (χ0v) is 18.6. The predicted molar refractivity (Wildman–Crippen MR) is 126 cm³/mol. The van der Waals surface area contributed by atoms with E-state index in [1.54, 1.807) is 49.7 Å². The number of carbonyl (C=O) groups excluding carboxylic acids is 2. The lowest BCUT2D eigenvalue weighted by atomic mass is 9.89. The van der Waals surface area contributed by atoms with Gasteiger partial charge in [0.2, 0.25) is 5.91 Å². The molecule has 1 heterocycles. The summed E-state index contributed by atoms with van der Waals surface area (Å²) < 4.78 is 24.5. The number of ether oxygens (including phenoxy) is 2. The number of aromatic nitrogens is 1. The van der Waals surface area contributed by atoms with Crippen molar-refractivity contribution < 1.29 is 23.5 Å². The first-order valence-electron chi connectivity index (χ1n) is 10.4. The molecule has 0 saturated heterocycles. The normalized spacial score (nSPS) is 17.2. The number of benzene rings is 2. The first-order valence-corrected chi connectivity index (χ1v) is 10.4. The minimum Gasteiger partial charge on any atom is -0.496 e. The molecule has 4 N–H and O–H groups in total. The van der Waals surface area contributed by atoms with Gasteiger partial charge in [0.1, 0.15) is 28.6 Å². The highest BCUT2D eigenvalue weighted by Gasteiger charge is 2.35. The number of rotatable bonds is 7. The van der Waals surface area contributed by atoms with Crippen molar-refractivity contribution in [3.05, 3.63) is 84.0 Å². The SMILES string of the molecule is CNC1(C(=O)Nc2ccc(F)cc2)C=CC(Oc2ccnc3cc(OC)c(C(N)=O)cc23)=CC1. The summed E-state index contributed by atoms with van der Waals surface area (Å²) >= 11 is 0. The molecule has 1 unspecified atom stereocenters. The monoisotopic (exact) mass is 462 g/mol. The van der Waals surface area contributed by atoms with Gasteiger partial charge in [-0.1, -0.05) is 6.08 Å². The van der Waals surface area contributed by atoms with Crippen LogP contribution in [0.2, 0.25) is 0 Å². The van der Waals surface area contributed by atoms with Gasteiger partial charge in [0, 0.05) is 29.8 Å². The minimum atomic E-state index is -1.01. The lowest BCUT2D eigenvalue weighted by Gasteiger charge is -2.30. The van der Waals surface area contributed by atoms with Crippen molar-refractivity contribution in [2.45, 2.75) is 12.0 Å². The zero-order chi connectivity index (χ0) is 24.3. The van der Waals surface area contributed by atoms with Crippen LogP contribution in [0.25, 0.3) is 10.9 Å². The number of nitrogens with two attached hydrogens (primary N) is 1. The molecule has 0 fully saturated rings. The number of hydrogen-bond acceptors (Lipinski definition) is 6. The zero-order valence-electron chi connectivity index (χ0n) is 18.6. The van der Waals surface area contributed by atoms with E-state index in [1.165, 1.54) is 31.4 Å². The van der Waals surface area contributed by atoms with Crippen molar-refractivity contribution >= 4 is 28.4 Å². The van der Waals surface area contributed by atoms with Crippen LogP contribution < -0.4 is 25.8 Å². The molecule has 1 aromatic heterocycles. The summed E-state index contributed by atoms with van der Waals surface area (Å²) in [5, 5.41) is 6.43. The number of fused-ring (bicyclic) bond motifs is 1. The summed E-state index contributed by atoms with van der Waals surface area (Å²) in [6, 6.07) is 10.4. The standard InChI is InChI=1S/C25H23FN4O4/c1-28-25(24(32)30-16-5-3-15(26)4-6-16)10-7-17(8-11-25)34-21-9-12-29-20-14-22(33-2)19(23(27)31)13-18(20)21/h3-10,12-14,28H,11H2,1-2H3,(H2,27,31)(H,30,32). The summed E-state index contributed by atoms with van der Waals surface area (Å²) in [4.78, 5) is 29.1. The van der Waals surface area contributed by atoms with Gasteiger partial charge in [-0.15, -0.1) is 0 Å². The Morgan fingerprint density at radius 3 is 2.53 bits per heavy atom. The van der Waals surface area contributed by atoms with Gasteiger partial charge in [0.25, 0.3) is 5.91 Å². The van der Waals surface area contributed by atoms with Crippen molar-refractivity contribution in [1.29, 1.82) is 0 Å². The van der Waals surface area contributed by atoms with Gasteiger partial charge in [-0.2, -0.15) is 0 Å². The summed E-state index contributed by atoms with van der Waals surface area (Å²) in [6.07, 6.45) is 7.08. The number of nitrogens with zero attached hydrogens (tertiary/aromatic N) is 1. The number of primary amides is 1. The second kappa shape index (κ2) is 9.32. The topological polar surface area (TPSA) is 116 Å². The number of carbonyl (C=O) groups is 2. The number of amides is 2. The Bertz CT molecular complexity index is 1320. The van der Waals surface area contributed by atoms with Crippen LogP contribution in [0.15, 0.2) is 72.6 Å². The molecule has 8 nitrogen and oxygen atoms in total. The highest BCUT2D eigenvalue weighted by molar-refractivity contribution is 6.01. The summed E-state index contributed by atoms with van der Waals surface area (Å²) in [7, 11) is 3.13. The number of halogens is 1. The van der Waals surface area contributed by atoms with Crippen molar-refractivity contribution in [2.24, 2.45) is 5.73 Å². The third kappa shape index (κ3) is 4.46. The van der Waals surface area contributed by atoms with E-state index in [1.807, 2.05) is 0 Å². The Balaban J connectivity index is 1.56. The molecular weight excluding hydrogens is 439 g/mol. The van der Waals surface area contributed by atoms with Crippen LogP contribution in [0.1, 0.15) is 16.8 Å². The number of nitrogens with one attached hydrogen (secondary N) is 2. The summed E-state index contributed by atoms with van der Waals surface area (Å²) in [6.45, 7) is 0. The molecule has 174 valence electrons. The number of hydrogen-bond donors (Lipinski definition) is 3. The van der Waals surface area contributed by atoms with Crippen molar-refractivity contribution in [3.8, 4) is 11.5 Å². The Kier molecular flexibility index (Phi) is 6.29. The van der Waals surface area contributed by atoms with Crippen LogP contribution in [0.3, 0.4) is 0 Å². The van der Waals surface area contributed by atoms with Gasteiger partial charge in [-0.3, -0.25) is 14.6 Å². The van der Waals surface area contributed by atoms with Crippen LogP contribution >= 0.6 is 0 Å². The van der Waals surface area contributed by atoms with Gasteiger partial charge >= 0.3 is 0 Å². The molecular formula is C25H23FN4O4. The molecule has 4 rings (SSSR count). The average Bonchev–Trinajstić information content (AvgIpc) is 2.85. The maximum Gasteiger partial charge on any atom is 0.252 e. The molecule has 0 aliphatic heterocycles. The Hall–Kier alpha value is -4.24. The first-order chi connectivity index (χ1) is 16.3. The fraction of sp³-hybridized carbons (Fsp3) is 0.160. The van der Waals surface area contributed by atoms with E-state index in [4.69, 9.17) is 15.2 Å². The molecule has 1 atom stereocenters. The average molecular weight is 462 g/mol. The van der Waals surface area contributed by atoms with Crippen molar-refractivity contribution in [1.82, 2.24) is 10.3 Å². The quantitative estimate of drug-likeness (QED) is 0.496. The molecule has 1 aliphatic carbocycles. The first kappa shape index (κ1) is 22.9. The maximum absolute atomic E-state index is 13.1. The molecule has 0 spiro atoms. The number of anilines is 1. The van der Waals surface area contributed by atoms with Crippen molar-refractivity contribution in [3.63, 3.8) is 0 Å². The molecule has 0 radical (unpaired) electrons. The number of allylic oxidation sites excluding steroid dienone is 1. The molecule has 0 saturated carbocycles. The third-order valence-electron chi connectivity index (χ3n) is 5.63. The largest absolute Gasteiger partial charge is 0.496 e. The van der Waals surface area contributed by atoms with E-state index < -0.39 is 11.4 Å². The lowest BCUT2D eigenvalue weighted by molar-refractivity contribution is -0.120. The number of likely N-dealkylation sites (N-methyl/N-ethyl adjacent to an activating group) is 1. The van der Waals surface area contributed by atoms with E-state index in [-0.39, 0.29) is 17.3 Å². The molecule has 2 amide bonds. The van der Waals surface area contributed by atoms with E-state index in [0.717, 1.165) is 0 Å². The van der Waals surface area contributed by atoms with Gasteiger partial charge in [-0.25, -0.2) is 4.39 Å². The van der Waals surface area contributed by atoms with Crippen LogP contribution in [-0.2, 0) is 4.79 Å². The van der Waals surface area contributed by atoms with Gasteiger partial charge in [0.05, 0.1) is 18.2 Å². The Morgan fingerprint density at radius 2 is 1.91 bits per heavy atom. The maximum atomic E-state index is 13.1. The fourth-order valence-corrected chi connectivity index (χ4v) is 3.67. The second-order valence-corrected chi connectivity index (χ2v) is 7.67. The molecule has 3 aromatic rings. The van der Waals surface area contributed by atoms with Crippen LogP contribution in [-0.4, -0.2) is 36.5 Å². The summed E-state index contributed by atoms with van der Waals surface area (Å²) in [5.74, 6) is 0.0150. The van der Waals surface area contributed by atoms with Crippen LogP contribution in [0.4, 0.5) is 10.1 Å². The number of pyridine rings is 1. The van der Waals surface area contributed by atoms with Gasteiger partial charge in [-0.05, 0) is 55.6 Å². The molecule has 34 heavy (non-hydrogen) atoms. The van der Waals surface area contributed by atoms with E-state index in [9.17, 15) is 14.0 Å². The predicted octanol–water partition coefficient (Wildman–Crippen LogP) is 3.30. The lowest BCUT2D eigenvalue weighted by Crippen LogP contribution is -2.52. The van der Waals surface area contributed by atoms with Crippen LogP contribution in [0, 0.1) is 5.82 Å².